The molecule has 0 fully saturated rings. The molecule has 0 atom stereocenters. The van der Waals surface area contributed by atoms with Gasteiger partial charge in [-0.15, -0.1) is 0 Å². The molecule has 0 unspecified atom stereocenters. The van der Waals surface area contributed by atoms with Gasteiger partial charge in [-0.2, -0.15) is 0 Å². The molecule has 8 nitrogen and oxygen atoms in total. The Kier molecular flexibility index (Phi) is 4.79. The molecule has 0 aliphatic heterocycles. The van der Waals surface area contributed by atoms with E-state index in [0.29, 0.717) is 12.4 Å². The lowest BCUT2D eigenvalue weighted by Crippen LogP contribution is -2.08. The van der Waals surface area contributed by atoms with Crippen LogP contribution in [0.4, 0.5) is 23.1 Å². The van der Waals surface area contributed by atoms with Gasteiger partial charge in [0, 0.05) is 12.7 Å². The second-order valence-corrected chi connectivity index (χ2v) is 5.36. The Morgan fingerprint density at radius 3 is 2.48 bits per heavy atom. The molecule has 3 aromatic rings. The largest absolute Gasteiger partial charge is 0.360 e. The Morgan fingerprint density at radius 2 is 1.80 bits per heavy atom. The molecule has 25 heavy (non-hydrogen) atoms. The van der Waals surface area contributed by atoms with Crippen LogP contribution in [0.5, 0.6) is 0 Å². The minimum absolute atomic E-state index is 0.0881. The van der Waals surface area contributed by atoms with E-state index in [4.69, 9.17) is 0 Å². The summed E-state index contributed by atoms with van der Waals surface area (Å²) in [6, 6.07) is 13.1. The van der Waals surface area contributed by atoms with Gasteiger partial charge in [0.05, 0.1) is 4.92 Å². The number of benzene rings is 1. The molecule has 0 radical (unpaired) electrons. The fourth-order valence-corrected chi connectivity index (χ4v) is 2.22. The maximum atomic E-state index is 11.5. The first-order chi connectivity index (χ1) is 12.1. The normalized spacial score (nSPS) is 10.3. The molecule has 0 aliphatic carbocycles. The molecule has 2 aromatic heterocycles. The van der Waals surface area contributed by atoms with Crippen LogP contribution in [0.3, 0.4) is 0 Å². The average Bonchev–Trinajstić information content (AvgIpc) is 2.62. The summed E-state index contributed by atoms with van der Waals surface area (Å²) >= 11 is 0. The number of pyridine rings is 1. The van der Waals surface area contributed by atoms with Crippen molar-refractivity contribution in [2.75, 3.05) is 10.6 Å². The van der Waals surface area contributed by atoms with Crippen molar-refractivity contribution in [3.8, 4) is 0 Å². The molecule has 0 spiro atoms. The predicted octanol–water partition coefficient (Wildman–Crippen LogP) is 3.44. The maximum Gasteiger partial charge on any atom is 0.353 e. The van der Waals surface area contributed by atoms with Crippen LogP contribution >= 0.6 is 0 Å². The predicted molar refractivity (Wildman–Crippen MR) is 94.7 cm³/mol. The van der Waals surface area contributed by atoms with Gasteiger partial charge in [0.25, 0.3) is 0 Å². The first kappa shape index (κ1) is 16.3. The molecule has 0 amide bonds. The maximum absolute atomic E-state index is 11.5. The van der Waals surface area contributed by atoms with Gasteiger partial charge in [-0.1, -0.05) is 35.9 Å². The summed E-state index contributed by atoms with van der Waals surface area (Å²) in [4.78, 5) is 23.1. The summed E-state index contributed by atoms with van der Waals surface area (Å²) < 4.78 is 0. The van der Waals surface area contributed by atoms with E-state index < -0.39 is 4.92 Å². The number of aromatic nitrogens is 3. The van der Waals surface area contributed by atoms with Crippen LogP contribution in [0.15, 0.2) is 55.0 Å². The van der Waals surface area contributed by atoms with Crippen molar-refractivity contribution in [2.45, 2.75) is 13.5 Å². The number of hydrogen-bond acceptors (Lipinski definition) is 7. The van der Waals surface area contributed by atoms with Crippen molar-refractivity contribution < 1.29 is 4.92 Å². The molecule has 1 aromatic carbocycles. The molecular weight excluding hydrogens is 320 g/mol. The lowest BCUT2D eigenvalue weighted by Gasteiger charge is -2.10. The summed E-state index contributed by atoms with van der Waals surface area (Å²) in [6.07, 6.45) is 2.86. The van der Waals surface area contributed by atoms with Crippen molar-refractivity contribution in [3.05, 3.63) is 76.2 Å². The summed E-state index contributed by atoms with van der Waals surface area (Å²) in [5, 5.41) is 17.4. The minimum Gasteiger partial charge on any atom is -0.360 e. The minimum atomic E-state index is -0.511. The summed E-state index contributed by atoms with van der Waals surface area (Å²) in [5.74, 6) is 0.706. The second-order valence-electron chi connectivity index (χ2n) is 5.36. The highest BCUT2D eigenvalue weighted by Crippen LogP contribution is 2.30. The van der Waals surface area contributed by atoms with E-state index in [1.165, 1.54) is 6.33 Å². The zero-order valence-electron chi connectivity index (χ0n) is 13.5. The molecule has 3 rings (SSSR count). The SMILES string of the molecule is Cc1ccc(CNc2ncnc(Nc3ccccn3)c2[N+](=O)[O-])cc1. The fraction of sp³-hybridized carbons (Fsp3) is 0.118. The Hall–Kier alpha value is -3.55. The number of nitrogens with one attached hydrogen (secondary N) is 2. The van der Waals surface area contributed by atoms with Gasteiger partial charge in [0.1, 0.15) is 12.1 Å². The van der Waals surface area contributed by atoms with Gasteiger partial charge in [-0.25, -0.2) is 15.0 Å². The number of hydrogen-bond donors (Lipinski definition) is 2. The molecule has 0 aliphatic rings. The third kappa shape index (κ3) is 4.05. The first-order valence-corrected chi connectivity index (χ1v) is 7.60. The van der Waals surface area contributed by atoms with E-state index >= 15 is 0 Å². The summed E-state index contributed by atoms with van der Waals surface area (Å²) in [7, 11) is 0. The molecule has 0 saturated carbocycles. The van der Waals surface area contributed by atoms with Gasteiger partial charge in [0.2, 0.25) is 11.6 Å². The topological polar surface area (TPSA) is 106 Å². The monoisotopic (exact) mass is 336 g/mol. The molecule has 2 N–H and O–H groups in total. The van der Waals surface area contributed by atoms with Gasteiger partial charge in [-0.05, 0) is 24.6 Å². The Labute approximate surface area is 144 Å². The summed E-state index contributed by atoms with van der Waals surface area (Å²) in [6.45, 7) is 2.42. The van der Waals surface area contributed by atoms with E-state index in [0.717, 1.165) is 11.1 Å². The van der Waals surface area contributed by atoms with Crippen LogP contribution in [0.2, 0.25) is 0 Å². The van der Waals surface area contributed by atoms with Crippen molar-refractivity contribution >= 4 is 23.1 Å². The van der Waals surface area contributed by atoms with Gasteiger partial charge >= 0.3 is 5.69 Å². The van der Waals surface area contributed by atoms with E-state index in [1.54, 1.807) is 24.4 Å². The van der Waals surface area contributed by atoms with Crippen molar-refractivity contribution in [1.29, 1.82) is 0 Å². The van der Waals surface area contributed by atoms with Crippen LogP contribution in [0, 0.1) is 17.0 Å². The average molecular weight is 336 g/mol. The number of aryl methyl sites for hydroxylation is 1. The molecule has 0 bridgehead atoms. The van der Waals surface area contributed by atoms with Crippen LogP contribution in [-0.2, 0) is 6.54 Å². The summed E-state index contributed by atoms with van der Waals surface area (Å²) in [5.41, 5.74) is 1.93. The van der Waals surface area contributed by atoms with Crippen LogP contribution < -0.4 is 10.6 Å². The Balaban J connectivity index is 1.84. The van der Waals surface area contributed by atoms with E-state index in [2.05, 4.69) is 25.6 Å². The zero-order valence-corrected chi connectivity index (χ0v) is 13.5. The molecular formula is C17H16N6O2. The second kappa shape index (κ2) is 7.35. The Bertz CT molecular complexity index is 868. The molecule has 0 saturated heterocycles. The van der Waals surface area contributed by atoms with Gasteiger partial charge < -0.3 is 10.6 Å². The van der Waals surface area contributed by atoms with E-state index in [9.17, 15) is 10.1 Å². The van der Waals surface area contributed by atoms with Crippen LogP contribution in [0.25, 0.3) is 0 Å². The lowest BCUT2D eigenvalue weighted by molar-refractivity contribution is -0.383. The Morgan fingerprint density at radius 1 is 1.04 bits per heavy atom. The quantitative estimate of drug-likeness (QED) is 0.524. The standard InChI is InChI=1S/C17H16N6O2/c1-12-5-7-13(8-6-12)10-19-16-15(23(24)25)17(21-11-20-16)22-14-4-2-3-9-18-14/h2-9,11H,10H2,1H3,(H2,18,19,20,21,22). The zero-order chi connectivity index (χ0) is 17.6. The third-order valence-electron chi connectivity index (χ3n) is 3.50. The van der Waals surface area contributed by atoms with Crippen LogP contribution in [0.1, 0.15) is 11.1 Å². The first-order valence-electron chi connectivity index (χ1n) is 7.60. The highest BCUT2D eigenvalue weighted by atomic mass is 16.6. The van der Waals surface area contributed by atoms with Gasteiger partial charge in [0.15, 0.2) is 0 Å². The number of nitrogens with zero attached hydrogens (tertiary/aromatic N) is 4. The smallest absolute Gasteiger partial charge is 0.353 e. The van der Waals surface area contributed by atoms with Crippen molar-refractivity contribution in [1.82, 2.24) is 15.0 Å². The molecule has 126 valence electrons. The number of anilines is 3. The third-order valence-corrected chi connectivity index (χ3v) is 3.50. The molecule has 8 heteroatoms. The van der Waals surface area contributed by atoms with Crippen LogP contribution in [-0.4, -0.2) is 19.9 Å². The lowest BCUT2D eigenvalue weighted by atomic mass is 10.1. The van der Waals surface area contributed by atoms with Crippen molar-refractivity contribution in [2.24, 2.45) is 0 Å². The number of rotatable bonds is 6. The highest BCUT2D eigenvalue weighted by Gasteiger charge is 2.23. The van der Waals surface area contributed by atoms with E-state index in [-0.39, 0.29) is 17.3 Å². The van der Waals surface area contributed by atoms with Gasteiger partial charge in [-0.3, -0.25) is 10.1 Å². The molecule has 2 heterocycles. The van der Waals surface area contributed by atoms with Crippen molar-refractivity contribution in [3.63, 3.8) is 0 Å². The number of nitro groups is 1. The highest BCUT2D eigenvalue weighted by molar-refractivity contribution is 5.72. The fourth-order valence-electron chi connectivity index (χ4n) is 2.22. The van der Waals surface area contributed by atoms with E-state index in [1.807, 2.05) is 31.2 Å².